The molecular weight excluding hydrogens is 304 g/mol. The minimum absolute atomic E-state index is 0.0216. The Hall–Kier alpha value is -2.21. The fourth-order valence-corrected chi connectivity index (χ4v) is 3.17. The third-order valence-electron chi connectivity index (χ3n) is 4.43. The summed E-state index contributed by atoms with van der Waals surface area (Å²) in [6, 6.07) is 6.56. The molecule has 1 unspecified atom stereocenters. The van der Waals surface area contributed by atoms with E-state index in [1.165, 1.54) is 35.1 Å². The monoisotopic (exact) mass is 328 g/mol. The third kappa shape index (κ3) is 4.00. The average molecular weight is 328 g/mol. The Balaban J connectivity index is 1.59. The second kappa shape index (κ2) is 7.57. The number of amides is 1. The molecule has 6 nitrogen and oxygen atoms in total. The van der Waals surface area contributed by atoms with Crippen LogP contribution < -0.4 is 5.32 Å². The van der Waals surface area contributed by atoms with Crippen LogP contribution in [0.2, 0.25) is 0 Å². The van der Waals surface area contributed by atoms with Crippen molar-refractivity contribution in [3.8, 4) is 0 Å². The summed E-state index contributed by atoms with van der Waals surface area (Å²) in [5.41, 5.74) is 4.76. The first-order chi connectivity index (χ1) is 11.7. The van der Waals surface area contributed by atoms with E-state index in [0.29, 0.717) is 12.3 Å². The number of hydrogen-bond donors (Lipinski definition) is 1. The van der Waals surface area contributed by atoms with Crippen LogP contribution in [0.5, 0.6) is 0 Å². The van der Waals surface area contributed by atoms with E-state index in [0.717, 1.165) is 12.0 Å². The molecule has 1 heterocycles. The lowest BCUT2D eigenvalue weighted by Crippen LogP contribution is -2.30. The molecule has 0 bridgehead atoms. The Morgan fingerprint density at radius 1 is 1.33 bits per heavy atom. The third-order valence-corrected chi connectivity index (χ3v) is 4.43. The van der Waals surface area contributed by atoms with E-state index in [-0.39, 0.29) is 18.5 Å². The predicted molar refractivity (Wildman–Crippen MR) is 90.4 cm³/mol. The highest BCUT2D eigenvalue weighted by Gasteiger charge is 2.14. The first-order valence-corrected chi connectivity index (χ1v) is 8.44. The van der Waals surface area contributed by atoms with Crippen molar-refractivity contribution in [3.63, 3.8) is 0 Å². The maximum atomic E-state index is 12.2. The molecule has 2 aromatic rings. The minimum Gasteiger partial charge on any atom is -0.378 e. The van der Waals surface area contributed by atoms with Crippen LogP contribution in [0.15, 0.2) is 24.4 Å². The Bertz CT molecular complexity index is 711. The quantitative estimate of drug-likeness (QED) is 0.882. The standard InChI is InChI=1S/C18H24N4O2/c1-13(15-8-7-14-5-3-4-6-16(14)9-15)19-18(23)11-22-10-17(12-24-2)20-21-22/h7-10,13H,3-6,11-12H2,1-2H3,(H,19,23). The summed E-state index contributed by atoms with van der Waals surface area (Å²) in [5.74, 6) is -0.0749. The van der Waals surface area contributed by atoms with Crippen molar-refractivity contribution in [1.82, 2.24) is 20.3 Å². The summed E-state index contributed by atoms with van der Waals surface area (Å²) in [7, 11) is 1.60. The molecule has 0 fully saturated rings. The van der Waals surface area contributed by atoms with E-state index in [4.69, 9.17) is 4.74 Å². The average Bonchev–Trinajstić information content (AvgIpc) is 3.01. The number of carbonyl (C=O) groups is 1. The fraction of sp³-hybridized carbons (Fsp3) is 0.500. The molecule has 1 aromatic carbocycles. The van der Waals surface area contributed by atoms with Crippen molar-refractivity contribution in [2.24, 2.45) is 0 Å². The van der Waals surface area contributed by atoms with E-state index < -0.39 is 0 Å². The van der Waals surface area contributed by atoms with Crippen molar-refractivity contribution < 1.29 is 9.53 Å². The number of benzene rings is 1. The van der Waals surface area contributed by atoms with Crippen LogP contribution in [0.1, 0.15) is 48.2 Å². The molecule has 1 aromatic heterocycles. The molecule has 0 aliphatic heterocycles. The number of carbonyl (C=O) groups excluding carboxylic acids is 1. The number of rotatable bonds is 6. The van der Waals surface area contributed by atoms with E-state index >= 15 is 0 Å². The summed E-state index contributed by atoms with van der Waals surface area (Å²) in [6.07, 6.45) is 6.58. The normalized spacial score (nSPS) is 14.9. The van der Waals surface area contributed by atoms with Gasteiger partial charge in [0.25, 0.3) is 0 Å². The molecule has 0 radical (unpaired) electrons. The topological polar surface area (TPSA) is 69.0 Å². The van der Waals surface area contributed by atoms with Gasteiger partial charge < -0.3 is 10.1 Å². The van der Waals surface area contributed by atoms with Crippen LogP contribution >= 0.6 is 0 Å². The van der Waals surface area contributed by atoms with Crippen LogP contribution in [0.3, 0.4) is 0 Å². The Kier molecular flexibility index (Phi) is 5.25. The van der Waals surface area contributed by atoms with Crippen molar-refractivity contribution in [2.45, 2.75) is 51.8 Å². The molecule has 0 saturated heterocycles. The molecule has 6 heteroatoms. The predicted octanol–water partition coefficient (Wildman–Crippen LogP) is 2.18. The highest BCUT2D eigenvalue weighted by molar-refractivity contribution is 5.76. The molecule has 0 saturated carbocycles. The molecule has 1 N–H and O–H groups in total. The first kappa shape index (κ1) is 16.6. The zero-order valence-electron chi connectivity index (χ0n) is 14.3. The van der Waals surface area contributed by atoms with Crippen LogP contribution in [0, 0.1) is 0 Å². The van der Waals surface area contributed by atoms with Gasteiger partial charge in [-0.1, -0.05) is 23.4 Å². The summed E-state index contributed by atoms with van der Waals surface area (Å²) in [5, 5.41) is 10.9. The van der Waals surface area contributed by atoms with Gasteiger partial charge in [0.1, 0.15) is 12.2 Å². The largest absolute Gasteiger partial charge is 0.378 e. The maximum absolute atomic E-state index is 12.2. The first-order valence-electron chi connectivity index (χ1n) is 8.44. The van der Waals surface area contributed by atoms with Crippen molar-refractivity contribution in [2.75, 3.05) is 7.11 Å². The highest BCUT2D eigenvalue weighted by Crippen LogP contribution is 2.24. The van der Waals surface area contributed by atoms with E-state index in [2.05, 4.69) is 33.8 Å². The van der Waals surface area contributed by atoms with Crippen molar-refractivity contribution in [1.29, 1.82) is 0 Å². The molecule has 24 heavy (non-hydrogen) atoms. The lowest BCUT2D eigenvalue weighted by molar-refractivity contribution is -0.122. The number of hydrogen-bond acceptors (Lipinski definition) is 4. The summed E-state index contributed by atoms with van der Waals surface area (Å²) in [6.45, 7) is 2.57. The number of methoxy groups -OCH3 is 1. The van der Waals surface area contributed by atoms with Gasteiger partial charge in [0.15, 0.2) is 0 Å². The van der Waals surface area contributed by atoms with E-state index in [9.17, 15) is 4.79 Å². The number of fused-ring (bicyclic) bond motifs is 1. The second-order valence-electron chi connectivity index (χ2n) is 6.36. The van der Waals surface area contributed by atoms with Gasteiger partial charge in [-0.2, -0.15) is 0 Å². The lowest BCUT2D eigenvalue weighted by atomic mass is 9.89. The van der Waals surface area contributed by atoms with Gasteiger partial charge in [-0.3, -0.25) is 4.79 Å². The molecule has 1 aliphatic carbocycles. The van der Waals surface area contributed by atoms with Crippen LogP contribution in [-0.2, 0) is 35.5 Å². The Labute approximate surface area is 142 Å². The van der Waals surface area contributed by atoms with Crippen molar-refractivity contribution >= 4 is 5.91 Å². The zero-order chi connectivity index (χ0) is 16.9. The number of ether oxygens (including phenoxy) is 1. The van der Waals surface area contributed by atoms with Crippen LogP contribution in [-0.4, -0.2) is 28.0 Å². The second-order valence-corrected chi connectivity index (χ2v) is 6.36. The molecule has 1 atom stereocenters. The number of aryl methyl sites for hydroxylation is 2. The van der Waals surface area contributed by atoms with Gasteiger partial charge in [-0.05, 0) is 49.3 Å². The van der Waals surface area contributed by atoms with Crippen molar-refractivity contribution in [3.05, 3.63) is 46.8 Å². The molecular formula is C18H24N4O2. The lowest BCUT2D eigenvalue weighted by Gasteiger charge is -2.20. The molecule has 128 valence electrons. The number of nitrogens with one attached hydrogen (secondary N) is 1. The summed E-state index contributed by atoms with van der Waals surface area (Å²) >= 11 is 0. The fourth-order valence-electron chi connectivity index (χ4n) is 3.17. The Morgan fingerprint density at radius 3 is 2.92 bits per heavy atom. The van der Waals surface area contributed by atoms with Crippen LogP contribution in [0.25, 0.3) is 0 Å². The number of aromatic nitrogens is 3. The Morgan fingerprint density at radius 2 is 2.12 bits per heavy atom. The molecule has 1 aliphatic rings. The van der Waals surface area contributed by atoms with Gasteiger partial charge in [0.05, 0.1) is 18.8 Å². The van der Waals surface area contributed by atoms with Gasteiger partial charge in [-0.15, -0.1) is 5.10 Å². The summed E-state index contributed by atoms with van der Waals surface area (Å²) < 4.78 is 6.53. The van der Waals surface area contributed by atoms with Crippen LogP contribution in [0.4, 0.5) is 0 Å². The molecule has 1 amide bonds. The molecule has 3 rings (SSSR count). The highest BCUT2D eigenvalue weighted by atomic mass is 16.5. The molecule has 0 spiro atoms. The van der Waals surface area contributed by atoms with Gasteiger partial charge in [0, 0.05) is 7.11 Å². The van der Waals surface area contributed by atoms with E-state index in [1.54, 1.807) is 13.3 Å². The minimum atomic E-state index is -0.0749. The van der Waals surface area contributed by atoms with Gasteiger partial charge in [-0.25, -0.2) is 4.68 Å². The maximum Gasteiger partial charge on any atom is 0.242 e. The summed E-state index contributed by atoms with van der Waals surface area (Å²) in [4.78, 5) is 12.2. The van der Waals surface area contributed by atoms with E-state index in [1.807, 2.05) is 6.92 Å². The van der Waals surface area contributed by atoms with Gasteiger partial charge >= 0.3 is 0 Å². The number of nitrogens with zero attached hydrogens (tertiary/aromatic N) is 3. The zero-order valence-corrected chi connectivity index (χ0v) is 14.3. The smallest absolute Gasteiger partial charge is 0.242 e. The SMILES string of the molecule is COCc1cn(CC(=O)NC(C)c2ccc3c(c2)CCCC3)nn1. The van der Waals surface area contributed by atoms with Gasteiger partial charge in [0.2, 0.25) is 5.91 Å².